The van der Waals surface area contributed by atoms with Gasteiger partial charge in [0.25, 0.3) is 5.91 Å². The van der Waals surface area contributed by atoms with Crippen LogP contribution in [0.2, 0.25) is 0 Å². The van der Waals surface area contributed by atoms with Crippen molar-refractivity contribution < 1.29 is 14.7 Å². The van der Waals surface area contributed by atoms with Gasteiger partial charge >= 0.3 is 5.97 Å². The third-order valence-electron chi connectivity index (χ3n) is 3.37. The number of nitrogens with zero attached hydrogens (tertiary/aromatic N) is 3. The highest BCUT2D eigenvalue weighted by Crippen LogP contribution is 2.19. The Labute approximate surface area is 119 Å². The van der Waals surface area contributed by atoms with Gasteiger partial charge in [-0.05, 0) is 25.8 Å². The molecule has 0 aromatic carbocycles. The Kier molecular flexibility index (Phi) is 5.73. The lowest BCUT2D eigenvalue weighted by atomic mass is 10.1. The minimum absolute atomic E-state index is 0.0552. The second-order valence-electron chi connectivity index (χ2n) is 4.96. The average Bonchev–Trinajstić information content (AvgIpc) is 2.78. The van der Waals surface area contributed by atoms with Crippen LogP contribution in [0.15, 0.2) is 6.07 Å². The number of carbonyl (C=O) groups is 2. The number of carboxylic acid groups (broad SMARTS) is 1. The standard InChI is InChI=1S/C14H23N3O3/c1-5-11(6-2)17-12(9-10(3)15-17)14(20)16(4)8-7-13(18)19/h9,11H,5-8H2,1-4H3,(H,18,19). The van der Waals surface area contributed by atoms with Crippen molar-refractivity contribution in [2.45, 2.75) is 46.1 Å². The van der Waals surface area contributed by atoms with Crippen molar-refractivity contribution in [1.82, 2.24) is 14.7 Å². The fourth-order valence-corrected chi connectivity index (χ4v) is 2.15. The van der Waals surface area contributed by atoms with Crippen molar-refractivity contribution in [2.75, 3.05) is 13.6 Å². The summed E-state index contributed by atoms with van der Waals surface area (Å²) in [4.78, 5) is 24.4. The number of aliphatic carboxylic acids is 1. The summed E-state index contributed by atoms with van der Waals surface area (Å²) in [6, 6.07) is 1.95. The fourth-order valence-electron chi connectivity index (χ4n) is 2.15. The van der Waals surface area contributed by atoms with E-state index in [1.807, 2.05) is 6.92 Å². The van der Waals surface area contributed by atoms with Crippen molar-refractivity contribution in [2.24, 2.45) is 0 Å². The third kappa shape index (κ3) is 3.82. The maximum Gasteiger partial charge on any atom is 0.305 e. The number of carboxylic acids is 1. The van der Waals surface area contributed by atoms with Gasteiger partial charge in [0.2, 0.25) is 0 Å². The molecule has 0 aliphatic rings. The first kappa shape index (κ1) is 16.2. The van der Waals surface area contributed by atoms with E-state index in [4.69, 9.17) is 5.11 Å². The first-order valence-corrected chi connectivity index (χ1v) is 6.94. The molecular weight excluding hydrogens is 258 g/mol. The fraction of sp³-hybridized carbons (Fsp3) is 0.643. The van der Waals surface area contributed by atoms with Crippen LogP contribution in [0.5, 0.6) is 0 Å². The second-order valence-corrected chi connectivity index (χ2v) is 4.96. The molecule has 1 N–H and O–H groups in total. The zero-order valence-electron chi connectivity index (χ0n) is 12.6. The summed E-state index contributed by atoms with van der Waals surface area (Å²) in [5.41, 5.74) is 1.33. The molecule has 0 saturated carbocycles. The second kappa shape index (κ2) is 7.07. The molecule has 0 atom stereocenters. The van der Waals surface area contributed by atoms with Gasteiger partial charge in [-0.2, -0.15) is 5.10 Å². The van der Waals surface area contributed by atoms with Gasteiger partial charge in [-0.25, -0.2) is 0 Å². The van der Waals surface area contributed by atoms with Gasteiger partial charge in [0.05, 0.1) is 18.2 Å². The van der Waals surface area contributed by atoms with E-state index >= 15 is 0 Å². The number of hydrogen-bond donors (Lipinski definition) is 1. The molecule has 0 spiro atoms. The van der Waals surface area contributed by atoms with Crippen molar-refractivity contribution in [3.63, 3.8) is 0 Å². The van der Waals surface area contributed by atoms with Gasteiger partial charge < -0.3 is 10.0 Å². The topological polar surface area (TPSA) is 75.4 Å². The van der Waals surface area contributed by atoms with Crippen LogP contribution in [0.3, 0.4) is 0 Å². The minimum Gasteiger partial charge on any atom is -0.481 e. The molecule has 1 aromatic heterocycles. The summed E-state index contributed by atoms with van der Waals surface area (Å²) < 4.78 is 1.77. The van der Waals surface area contributed by atoms with Crippen molar-refractivity contribution in [3.05, 3.63) is 17.5 Å². The number of hydrogen-bond acceptors (Lipinski definition) is 3. The summed E-state index contributed by atoms with van der Waals surface area (Å²) >= 11 is 0. The van der Waals surface area contributed by atoms with Crippen LogP contribution >= 0.6 is 0 Å². The molecule has 6 heteroatoms. The minimum atomic E-state index is -0.908. The summed E-state index contributed by atoms with van der Waals surface area (Å²) in [6.45, 7) is 6.18. The molecular formula is C14H23N3O3. The quantitative estimate of drug-likeness (QED) is 0.830. The molecule has 1 amide bonds. The van der Waals surface area contributed by atoms with Crippen LogP contribution in [-0.4, -0.2) is 45.3 Å². The zero-order chi connectivity index (χ0) is 15.3. The van der Waals surface area contributed by atoms with Crippen molar-refractivity contribution in [1.29, 1.82) is 0 Å². The number of carbonyl (C=O) groups excluding carboxylic acids is 1. The highest BCUT2D eigenvalue weighted by Gasteiger charge is 2.21. The maximum absolute atomic E-state index is 12.4. The van der Waals surface area contributed by atoms with E-state index < -0.39 is 5.97 Å². The largest absolute Gasteiger partial charge is 0.481 e. The van der Waals surface area contributed by atoms with Gasteiger partial charge in [0.1, 0.15) is 5.69 Å². The molecule has 1 rings (SSSR count). The molecule has 0 unspecified atom stereocenters. The number of amides is 1. The van der Waals surface area contributed by atoms with Crippen LogP contribution in [0.4, 0.5) is 0 Å². The van der Waals surface area contributed by atoms with Crippen LogP contribution in [0.25, 0.3) is 0 Å². The van der Waals surface area contributed by atoms with Crippen molar-refractivity contribution >= 4 is 11.9 Å². The molecule has 0 saturated heterocycles. The lowest BCUT2D eigenvalue weighted by molar-refractivity contribution is -0.137. The highest BCUT2D eigenvalue weighted by molar-refractivity contribution is 5.92. The Morgan fingerprint density at radius 2 is 2.00 bits per heavy atom. The lowest BCUT2D eigenvalue weighted by Gasteiger charge is -2.20. The molecule has 20 heavy (non-hydrogen) atoms. The van der Waals surface area contributed by atoms with Gasteiger partial charge in [-0.1, -0.05) is 13.8 Å². The predicted molar refractivity (Wildman–Crippen MR) is 75.8 cm³/mol. The lowest BCUT2D eigenvalue weighted by Crippen LogP contribution is -2.31. The number of aromatic nitrogens is 2. The molecule has 0 radical (unpaired) electrons. The Morgan fingerprint density at radius 3 is 2.50 bits per heavy atom. The molecule has 1 heterocycles. The van der Waals surface area contributed by atoms with Crippen LogP contribution < -0.4 is 0 Å². The van der Waals surface area contributed by atoms with Gasteiger partial charge in [-0.15, -0.1) is 0 Å². The Bertz CT molecular complexity index is 478. The van der Waals surface area contributed by atoms with Crippen LogP contribution in [-0.2, 0) is 4.79 Å². The van der Waals surface area contributed by atoms with E-state index in [2.05, 4.69) is 18.9 Å². The van der Waals surface area contributed by atoms with E-state index in [0.29, 0.717) is 5.69 Å². The smallest absolute Gasteiger partial charge is 0.305 e. The van der Waals surface area contributed by atoms with Gasteiger partial charge in [-0.3, -0.25) is 14.3 Å². The number of aryl methyl sites for hydroxylation is 1. The van der Waals surface area contributed by atoms with E-state index in [1.165, 1.54) is 4.90 Å². The van der Waals surface area contributed by atoms with E-state index in [1.54, 1.807) is 17.8 Å². The molecule has 6 nitrogen and oxygen atoms in total. The monoisotopic (exact) mass is 281 g/mol. The van der Waals surface area contributed by atoms with Crippen LogP contribution in [0, 0.1) is 6.92 Å². The van der Waals surface area contributed by atoms with E-state index in [9.17, 15) is 9.59 Å². The first-order chi connectivity index (χ1) is 9.40. The molecule has 0 aliphatic heterocycles. The molecule has 0 fully saturated rings. The molecule has 1 aromatic rings. The van der Waals surface area contributed by atoms with Crippen LogP contribution in [0.1, 0.15) is 55.3 Å². The molecule has 112 valence electrons. The summed E-state index contributed by atoms with van der Waals surface area (Å²) in [5, 5.41) is 13.1. The average molecular weight is 281 g/mol. The van der Waals surface area contributed by atoms with E-state index in [-0.39, 0.29) is 24.9 Å². The zero-order valence-corrected chi connectivity index (χ0v) is 12.6. The maximum atomic E-state index is 12.4. The van der Waals surface area contributed by atoms with Crippen molar-refractivity contribution in [3.8, 4) is 0 Å². The Morgan fingerprint density at radius 1 is 1.40 bits per heavy atom. The molecule has 0 bridgehead atoms. The summed E-state index contributed by atoms with van der Waals surface area (Å²) in [7, 11) is 1.62. The summed E-state index contributed by atoms with van der Waals surface area (Å²) in [5.74, 6) is -1.09. The first-order valence-electron chi connectivity index (χ1n) is 6.94. The van der Waals surface area contributed by atoms with Gasteiger partial charge in [0, 0.05) is 13.6 Å². The predicted octanol–water partition coefficient (Wildman–Crippen LogP) is 2.10. The normalized spacial score (nSPS) is 10.8. The summed E-state index contributed by atoms with van der Waals surface area (Å²) in [6.07, 6.45) is 1.74. The highest BCUT2D eigenvalue weighted by atomic mass is 16.4. The SMILES string of the molecule is CCC(CC)n1nc(C)cc1C(=O)N(C)CCC(=O)O. The Hall–Kier alpha value is -1.85. The Balaban J connectivity index is 2.94. The number of rotatable bonds is 7. The molecule has 0 aliphatic carbocycles. The van der Waals surface area contributed by atoms with E-state index in [0.717, 1.165) is 18.5 Å². The van der Waals surface area contributed by atoms with Gasteiger partial charge in [0.15, 0.2) is 0 Å². The third-order valence-corrected chi connectivity index (χ3v) is 3.37.